The van der Waals surface area contributed by atoms with Gasteiger partial charge < -0.3 is 4.74 Å². The summed E-state index contributed by atoms with van der Waals surface area (Å²) in [5, 5.41) is 6.28. The van der Waals surface area contributed by atoms with E-state index in [1.807, 2.05) is 43.5 Å². The Hall–Kier alpha value is -3.83. The molecule has 1 aliphatic heterocycles. The maximum Gasteiger partial charge on any atom is 0.119 e. The first kappa shape index (κ1) is 20.8. The van der Waals surface area contributed by atoms with Crippen LogP contribution in [0.1, 0.15) is 29.4 Å². The molecular weight excluding hydrogens is 420 g/mol. The normalized spacial score (nSPS) is 15.0. The van der Waals surface area contributed by atoms with E-state index >= 15 is 0 Å². The zero-order valence-electron chi connectivity index (χ0n) is 19.2. The fourth-order valence-electron chi connectivity index (χ4n) is 4.93. The predicted octanol–water partition coefficient (Wildman–Crippen LogP) is 6.17. The van der Waals surface area contributed by atoms with Crippen LogP contribution in [-0.2, 0) is 17.8 Å². The highest BCUT2D eigenvalue weighted by atomic mass is 16.5. The van der Waals surface area contributed by atoms with Crippen LogP contribution in [0.15, 0.2) is 85.1 Å². The second kappa shape index (κ2) is 8.84. The number of para-hydroxylation sites is 1. The van der Waals surface area contributed by atoms with Gasteiger partial charge in [-0.3, -0.25) is 14.6 Å². The van der Waals surface area contributed by atoms with Gasteiger partial charge in [-0.2, -0.15) is 5.10 Å². The lowest BCUT2D eigenvalue weighted by atomic mass is 9.96. The molecule has 5 heteroatoms. The number of aryl methyl sites for hydroxylation is 1. The summed E-state index contributed by atoms with van der Waals surface area (Å²) in [6.45, 7) is 3.28. The summed E-state index contributed by atoms with van der Waals surface area (Å²) < 4.78 is 8.31. The highest BCUT2D eigenvalue weighted by molar-refractivity contribution is 5.98. The van der Waals surface area contributed by atoms with Crippen LogP contribution < -0.4 is 0 Å². The summed E-state index contributed by atoms with van der Waals surface area (Å²) in [5.74, 6) is 0. The number of aromatic nitrogens is 4. The van der Waals surface area contributed by atoms with Crippen molar-refractivity contribution in [1.29, 1.82) is 0 Å². The van der Waals surface area contributed by atoms with Crippen molar-refractivity contribution in [1.82, 2.24) is 19.7 Å². The molecule has 4 heterocycles. The Morgan fingerprint density at radius 3 is 2.68 bits per heavy atom. The van der Waals surface area contributed by atoms with Crippen molar-refractivity contribution in [3.05, 3.63) is 102 Å². The predicted molar refractivity (Wildman–Crippen MR) is 134 cm³/mol. The van der Waals surface area contributed by atoms with Crippen LogP contribution >= 0.6 is 0 Å². The van der Waals surface area contributed by atoms with Crippen LogP contribution in [0.2, 0.25) is 0 Å². The molecule has 2 aromatic carbocycles. The van der Waals surface area contributed by atoms with E-state index in [9.17, 15) is 0 Å². The summed E-state index contributed by atoms with van der Waals surface area (Å²) in [5.41, 5.74) is 8.59. The molecule has 1 aliphatic rings. The molecule has 0 spiro atoms. The number of pyridine rings is 2. The Labute approximate surface area is 199 Å². The summed E-state index contributed by atoms with van der Waals surface area (Å²) in [7, 11) is 0. The Bertz CT molecular complexity index is 1450. The average molecular weight is 447 g/mol. The van der Waals surface area contributed by atoms with Gasteiger partial charge in [-0.05, 0) is 55.2 Å². The minimum atomic E-state index is 0.212. The standard InChI is InChI=1S/C29H26N4O/c1-20-8-7-13-26(31-20)29-28(24-16-17-30-25-12-6-5-11-23(24)25)27-15-14-22(33(27)32-29)19-34-18-21-9-3-2-4-10-21/h2-13,16-17,22H,14-15,18-19H2,1H3. The zero-order chi connectivity index (χ0) is 22.9. The summed E-state index contributed by atoms with van der Waals surface area (Å²) in [6, 6.07) is 27.1. The van der Waals surface area contributed by atoms with Crippen LogP contribution in [0.4, 0.5) is 0 Å². The van der Waals surface area contributed by atoms with Gasteiger partial charge in [0, 0.05) is 28.5 Å². The van der Waals surface area contributed by atoms with Gasteiger partial charge in [0.05, 0.1) is 30.5 Å². The molecule has 0 radical (unpaired) electrons. The Morgan fingerprint density at radius 1 is 0.941 bits per heavy atom. The van der Waals surface area contributed by atoms with E-state index in [0.717, 1.165) is 46.4 Å². The summed E-state index contributed by atoms with van der Waals surface area (Å²) in [4.78, 5) is 9.41. The van der Waals surface area contributed by atoms with Gasteiger partial charge in [-0.1, -0.05) is 54.6 Å². The highest BCUT2D eigenvalue weighted by Crippen LogP contribution is 2.42. The number of fused-ring (bicyclic) bond motifs is 2. The van der Waals surface area contributed by atoms with Gasteiger partial charge in [-0.15, -0.1) is 0 Å². The van der Waals surface area contributed by atoms with E-state index in [-0.39, 0.29) is 6.04 Å². The molecule has 5 aromatic rings. The van der Waals surface area contributed by atoms with Crippen LogP contribution in [0.25, 0.3) is 33.4 Å². The minimum absolute atomic E-state index is 0.212. The van der Waals surface area contributed by atoms with Gasteiger partial charge in [0.1, 0.15) is 5.69 Å². The summed E-state index contributed by atoms with van der Waals surface area (Å²) in [6.07, 6.45) is 3.88. The van der Waals surface area contributed by atoms with E-state index < -0.39 is 0 Å². The number of ether oxygens (including phenoxy) is 1. The molecule has 3 aromatic heterocycles. The summed E-state index contributed by atoms with van der Waals surface area (Å²) >= 11 is 0. The monoisotopic (exact) mass is 446 g/mol. The Balaban J connectivity index is 1.42. The van der Waals surface area contributed by atoms with Crippen LogP contribution in [-0.4, -0.2) is 26.4 Å². The van der Waals surface area contributed by atoms with Crippen LogP contribution in [0.5, 0.6) is 0 Å². The Kier molecular flexibility index (Phi) is 5.40. The zero-order valence-corrected chi connectivity index (χ0v) is 19.2. The van der Waals surface area contributed by atoms with Crippen molar-refractivity contribution in [2.24, 2.45) is 0 Å². The molecule has 0 aliphatic carbocycles. The number of hydrogen-bond acceptors (Lipinski definition) is 4. The molecule has 0 fully saturated rings. The van der Waals surface area contributed by atoms with Crippen LogP contribution in [0.3, 0.4) is 0 Å². The molecule has 0 bridgehead atoms. The molecule has 0 saturated carbocycles. The van der Waals surface area contributed by atoms with Gasteiger partial charge in [-0.25, -0.2) is 0 Å². The number of nitrogens with zero attached hydrogens (tertiary/aromatic N) is 4. The lowest BCUT2D eigenvalue weighted by Gasteiger charge is -2.12. The Morgan fingerprint density at radius 2 is 1.79 bits per heavy atom. The second-order valence-corrected chi connectivity index (χ2v) is 8.85. The molecule has 6 rings (SSSR count). The fourth-order valence-corrected chi connectivity index (χ4v) is 4.93. The fraction of sp³-hybridized carbons (Fsp3) is 0.207. The van der Waals surface area contributed by atoms with E-state index in [4.69, 9.17) is 14.8 Å². The lowest BCUT2D eigenvalue weighted by molar-refractivity contribution is 0.0889. The largest absolute Gasteiger partial charge is 0.375 e. The van der Waals surface area contributed by atoms with Gasteiger partial charge in [0.15, 0.2) is 0 Å². The molecule has 1 unspecified atom stereocenters. The molecule has 0 amide bonds. The van der Waals surface area contributed by atoms with Crippen LogP contribution in [0, 0.1) is 6.92 Å². The number of rotatable bonds is 6. The van der Waals surface area contributed by atoms with Crippen molar-refractivity contribution in [3.63, 3.8) is 0 Å². The molecule has 34 heavy (non-hydrogen) atoms. The molecule has 168 valence electrons. The quantitative estimate of drug-likeness (QED) is 0.313. The topological polar surface area (TPSA) is 52.8 Å². The van der Waals surface area contributed by atoms with E-state index in [1.165, 1.54) is 16.8 Å². The average Bonchev–Trinajstić information content (AvgIpc) is 3.44. The second-order valence-electron chi connectivity index (χ2n) is 8.85. The van der Waals surface area contributed by atoms with Crippen molar-refractivity contribution in [2.75, 3.05) is 6.61 Å². The van der Waals surface area contributed by atoms with Gasteiger partial charge in [0.25, 0.3) is 0 Å². The SMILES string of the molecule is Cc1cccc(-c2nn3c(c2-c2ccnc4ccccc24)CCC3COCc2ccccc2)n1. The number of benzene rings is 2. The highest BCUT2D eigenvalue weighted by Gasteiger charge is 2.31. The van der Waals surface area contributed by atoms with Gasteiger partial charge in [0.2, 0.25) is 0 Å². The van der Waals surface area contributed by atoms with E-state index in [0.29, 0.717) is 13.2 Å². The number of hydrogen-bond donors (Lipinski definition) is 0. The van der Waals surface area contributed by atoms with Crippen molar-refractivity contribution < 1.29 is 4.74 Å². The first-order valence-electron chi connectivity index (χ1n) is 11.8. The van der Waals surface area contributed by atoms with Crippen molar-refractivity contribution in [2.45, 2.75) is 32.4 Å². The lowest BCUT2D eigenvalue weighted by Crippen LogP contribution is -2.13. The molecule has 0 N–H and O–H groups in total. The third-order valence-electron chi connectivity index (χ3n) is 6.54. The first-order valence-corrected chi connectivity index (χ1v) is 11.8. The maximum atomic E-state index is 6.12. The van der Waals surface area contributed by atoms with E-state index in [1.54, 1.807) is 0 Å². The maximum absolute atomic E-state index is 6.12. The van der Waals surface area contributed by atoms with Crippen molar-refractivity contribution in [3.8, 4) is 22.5 Å². The molecule has 0 saturated heterocycles. The third-order valence-corrected chi connectivity index (χ3v) is 6.54. The smallest absolute Gasteiger partial charge is 0.119 e. The van der Waals surface area contributed by atoms with Crippen molar-refractivity contribution >= 4 is 10.9 Å². The third kappa shape index (κ3) is 3.78. The van der Waals surface area contributed by atoms with Gasteiger partial charge >= 0.3 is 0 Å². The molecule has 5 nitrogen and oxygen atoms in total. The minimum Gasteiger partial charge on any atom is -0.375 e. The van der Waals surface area contributed by atoms with E-state index in [2.05, 4.69) is 58.2 Å². The molecule has 1 atom stereocenters. The molecular formula is C29H26N4O. The first-order chi connectivity index (χ1) is 16.8.